The van der Waals surface area contributed by atoms with Crippen LogP contribution in [0.15, 0.2) is 18.3 Å². The van der Waals surface area contributed by atoms with Crippen molar-refractivity contribution in [3.8, 4) is 0 Å². The Morgan fingerprint density at radius 1 is 1.29 bits per heavy atom. The molecule has 0 saturated heterocycles. The molecule has 0 aromatic carbocycles. The number of aromatic nitrogens is 1. The van der Waals surface area contributed by atoms with Gasteiger partial charge in [-0.3, -0.25) is 0 Å². The lowest BCUT2D eigenvalue weighted by molar-refractivity contribution is 0.649. The Morgan fingerprint density at radius 2 is 1.94 bits per heavy atom. The fraction of sp³-hybridized carbons (Fsp3) is 0.643. The molecule has 3 nitrogen and oxygen atoms in total. The van der Waals surface area contributed by atoms with Crippen LogP contribution in [0.3, 0.4) is 0 Å². The third kappa shape index (κ3) is 4.00. The maximum absolute atomic E-state index is 4.49. The van der Waals surface area contributed by atoms with Crippen molar-refractivity contribution in [2.24, 2.45) is 0 Å². The Balaban J connectivity index is 2.87. The lowest BCUT2D eigenvalue weighted by Gasteiger charge is -2.23. The fourth-order valence-electron chi connectivity index (χ4n) is 1.92. The molecule has 96 valence electrons. The zero-order valence-electron chi connectivity index (χ0n) is 11.5. The van der Waals surface area contributed by atoms with Gasteiger partial charge in [0.25, 0.3) is 0 Å². The first kappa shape index (κ1) is 14.0. The van der Waals surface area contributed by atoms with E-state index in [0.717, 1.165) is 31.7 Å². The van der Waals surface area contributed by atoms with Crippen LogP contribution >= 0.6 is 0 Å². The molecule has 3 heteroatoms. The van der Waals surface area contributed by atoms with E-state index in [-0.39, 0.29) is 0 Å². The SMILES string of the molecule is CCCN(CCC)c1cc(C(C)NC)ccn1. The van der Waals surface area contributed by atoms with Crippen molar-refractivity contribution >= 4 is 5.82 Å². The lowest BCUT2D eigenvalue weighted by Crippen LogP contribution is -2.26. The Morgan fingerprint density at radius 3 is 2.47 bits per heavy atom. The van der Waals surface area contributed by atoms with Crippen LogP contribution in [0.25, 0.3) is 0 Å². The van der Waals surface area contributed by atoms with Crippen molar-refractivity contribution in [2.75, 3.05) is 25.0 Å². The van der Waals surface area contributed by atoms with Gasteiger partial charge in [0, 0.05) is 25.3 Å². The van der Waals surface area contributed by atoms with Crippen molar-refractivity contribution in [3.63, 3.8) is 0 Å². The molecule has 0 fully saturated rings. The molecule has 17 heavy (non-hydrogen) atoms. The van der Waals surface area contributed by atoms with E-state index in [1.807, 2.05) is 13.2 Å². The predicted octanol–water partition coefficient (Wildman–Crippen LogP) is 2.99. The highest BCUT2D eigenvalue weighted by atomic mass is 15.2. The smallest absolute Gasteiger partial charge is 0.128 e. The number of nitrogens with one attached hydrogen (secondary N) is 1. The van der Waals surface area contributed by atoms with Gasteiger partial charge in [0.05, 0.1) is 0 Å². The summed E-state index contributed by atoms with van der Waals surface area (Å²) in [4.78, 5) is 6.86. The van der Waals surface area contributed by atoms with Crippen LogP contribution < -0.4 is 10.2 Å². The molecule has 0 radical (unpaired) electrons. The average molecular weight is 235 g/mol. The first-order valence-corrected chi connectivity index (χ1v) is 6.61. The highest BCUT2D eigenvalue weighted by Gasteiger charge is 2.09. The van der Waals surface area contributed by atoms with Crippen LogP contribution in [0.4, 0.5) is 5.82 Å². The molecule has 0 aliphatic carbocycles. The zero-order chi connectivity index (χ0) is 12.7. The molecule has 0 spiro atoms. The first-order chi connectivity index (χ1) is 8.22. The van der Waals surface area contributed by atoms with Crippen molar-refractivity contribution in [1.29, 1.82) is 0 Å². The molecule has 0 amide bonds. The second kappa shape index (κ2) is 7.28. The second-order valence-corrected chi connectivity index (χ2v) is 4.44. The molecule has 1 aromatic heterocycles. The summed E-state index contributed by atoms with van der Waals surface area (Å²) in [6.45, 7) is 8.75. The maximum Gasteiger partial charge on any atom is 0.128 e. The minimum Gasteiger partial charge on any atom is -0.357 e. The summed E-state index contributed by atoms with van der Waals surface area (Å²) in [6.07, 6.45) is 4.23. The Hall–Kier alpha value is -1.09. The van der Waals surface area contributed by atoms with Gasteiger partial charge in [-0.05, 0) is 44.5 Å². The summed E-state index contributed by atoms with van der Waals surface area (Å²) in [5.41, 5.74) is 1.30. The van der Waals surface area contributed by atoms with E-state index >= 15 is 0 Å². The van der Waals surface area contributed by atoms with Gasteiger partial charge in [0.1, 0.15) is 5.82 Å². The molecule has 1 atom stereocenters. The molecule has 1 rings (SSSR count). The quantitative estimate of drug-likeness (QED) is 0.787. The van der Waals surface area contributed by atoms with Crippen LogP contribution in [-0.2, 0) is 0 Å². The van der Waals surface area contributed by atoms with Gasteiger partial charge in [0.15, 0.2) is 0 Å². The van der Waals surface area contributed by atoms with Crippen molar-refractivity contribution in [1.82, 2.24) is 10.3 Å². The number of rotatable bonds is 7. The van der Waals surface area contributed by atoms with E-state index in [9.17, 15) is 0 Å². The van der Waals surface area contributed by atoms with E-state index in [1.165, 1.54) is 5.56 Å². The monoisotopic (exact) mass is 235 g/mol. The lowest BCUT2D eigenvalue weighted by atomic mass is 10.1. The van der Waals surface area contributed by atoms with Gasteiger partial charge in [-0.2, -0.15) is 0 Å². The average Bonchev–Trinajstić information content (AvgIpc) is 2.37. The highest BCUT2D eigenvalue weighted by molar-refractivity contribution is 5.41. The van der Waals surface area contributed by atoms with Crippen molar-refractivity contribution in [2.45, 2.75) is 39.7 Å². The van der Waals surface area contributed by atoms with E-state index in [4.69, 9.17) is 0 Å². The molecular weight excluding hydrogens is 210 g/mol. The van der Waals surface area contributed by atoms with E-state index in [1.54, 1.807) is 0 Å². The Labute approximate surface area is 105 Å². The van der Waals surface area contributed by atoms with E-state index < -0.39 is 0 Å². The third-order valence-corrected chi connectivity index (χ3v) is 3.01. The number of pyridine rings is 1. The predicted molar refractivity (Wildman–Crippen MR) is 74.5 cm³/mol. The van der Waals surface area contributed by atoms with Crippen molar-refractivity contribution < 1.29 is 0 Å². The summed E-state index contributed by atoms with van der Waals surface area (Å²) < 4.78 is 0. The van der Waals surface area contributed by atoms with Crippen LogP contribution in [0.2, 0.25) is 0 Å². The first-order valence-electron chi connectivity index (χ1n) is 6.61. The summed E-state index contributed by atoms with van der Waals surface area (Å²) in [5.74, 6) is 1.10. The Bertz CT molecular complexity index is 319. The van der Waals surface area contributed by atoms with Crippen LogP contribution in [-0.4, -0.2) is 25.1 Å². The molecule has 0 aliphatic heterocycles. The maximum atomic E-state index is 4.49. The van der Waals surface area contributed by atoms with Gasteiger partial charge < -0.3 is 10.2 Å². The van der Waals surface area contributed by atoms with Crippen LogP contribution in [0, 0.1) is 0 Å². The van der Waals surface area contributed by atoms with Gasteiger partial charge in [-0.25, -0.2) is 4.98 Å². The summed E-state index contributed by atoms with van der Waals surface area (Å²) in [7, 11) is 1.99. The fourth-order valence-corrected chi connectivity index (χ4v) is 1.92. The standard InChI is InChI=1S/C14H25N3/c1-5-9-17(10-6-2)14-11-13(7-8-16-14)12(3)15-4/h7-8,11-12,15H,5-6,9-10H2,1-4H3. The minimum absolute atomic E-state index is 0.377. The Kier molecular flexibility index (Phi) is 5.98. The molecular formula is C14H25N3. The third-order valence-electron chi connectivity index (χ3n) is 3.01. The molecule has 1 aromatic rings. The second-order valence-electron chi connectivity index (χ2n) is 4.44. The topological polar surface area (TPSA) is 28.2 Å². The zero-order valence-corrected chi connectivity index (χ0v) is 11.5. The minimum atomic E-state index is 0.377. The summed E-state index contributed by atoms with van der Waals surface area (Å²) >= 11 is 0. The number of nitrogens with zero attached hydrogens (tertiary/aromatic N) is 2. The van der Waals surface area contributed by atoms with Gasteiger partial charge >= 0.3 is 0 Å². The summed E-state index contributed by atoms with van der Waals surface area (Å²) in [5, 5.41) is 3.27. The van der Waals surface area contributed by atoms with Crippen molar-refractivity contribution in [3.05, 3.63) is 23.9 Å². The van der Waals surface area contributed by atoms with Gasteiger partial charge in [-0.1, -0.05) is 13.8 Å². The number of anilines is 1. The summed E-state index contributed by atoms with van der Waals surface area (Å²) in [6, 6.07) is 4.66. The molecule has 0 saturated carbocycles. The number of hydrogen-bond acceptors (Lipinski definition) is 3. The van der Waals surface area contributed by atoms with Gasteiger partial charge in [-0.15, -0.1) is 0 Å². The largest absolute Gasteiger partial charge is 0.357 e. The molecule has 1 N–H and O–H groups in total. The molecule has 1 unspecified atom stereocenters. The molecule has 1 heterocycles. The van der Waals surface area contributed by atoms with E-state index in [2.05, 4.69) is 48.1 Å². The molecule has 0 aliphatic rings. The molecule has 0 bridgehead atoms. The number of hydrogen-bond donors (Lipinski definition) is 1. The van der Waals surface area contributed by atoms with Gasteiger partial charge in [0.2, 0.25) is 0 Å². The normalized spacial score (nSPS) is 12.5. The highest BCUT2D eigenvalue weighted by Crippen LogP contribution is 2.18. The van der Waals surface area contributed by atoms with Crippen LogP contribution in [0.5, 0.6) is 0 Å². The van der Waals surface area contributed by atoms with Crippen LogP contribution in [0.1, 0.15) is 45.2 Å². The van der Waals surface area contributed by atoms with E-state index in [0.29, 0.717) is 6.04 Å².